The number of carbonyl (C=O) groups is 2. The molecule has 182 valence electrons. The van der Waals surface area contributed by atoms with Crippen molar-refractivity contribution >= 4 is 23.4 Å². The molecule has 2 aliphatic heterocycles. The fourth-order valence-corrected chi connectivity index (χ4v) is 4.31. The number of anilines is 2. The predicted octanol–water partition coefficient (Wildman–Crippen LogP) is 1.78. The molecule has 0 saturated carbocycles. The van der Waals surface area contributed by atoms with Crippen LogP contribution in [-0.2, 0) is 22.5 Å². The number of aromatic nitrogens is 2. The monoisotopic (exact) mass is 468 g/mol. The van der Waals surface area contributed by atoms with Crippen molar-refractivity contribution in [3.05, 3.63) is 35.5 Å². The molecule has 3 heterocycles. The minimum absolute atomic E-state index is 0.168. The summed E-state index contributed by atoms with van der Waals surface area (Å²) in [5, 5.41) is 15.3. The molecule has 10 heteroatoms. The Morgan fingerprint density at radius 1 is 1.24 bits per heavy atom. The second-order valence-electron chi connectivity index (χ2n) is 8.66. The minimum Gasteiger partial charge on any atom is -0.384 e. The summed E-state index contributed by atoms with van der Waals surface area (Å²) in [5.74, 6) is 1.14. The molecule has 0 spiro atoms. The van der Waals surface area contributed by atoms with Crippen LogP contribution in [0.1, 0.15) is 32.0 Å². The lowest BCUT2D eigenvalue weighted by atomic mass is 10.0. The van der Waals surface area contributed by atoms with Crippen LogP contribution >= 0.6 is 0 Å². The first kappa shape index (κ1) is 23.9. The molecule has 0 unspecified atom stereocenters. The number of urea groups is 1. The maximum absolute atomic E-state index is 12.4. The number of ether oxygens (including phenoxy) is 1. The third kappa shape index (κ3) is 5.13. The lowest BCUT2D eigenvalue weighted by Crippen LogP contribution is -2.46. The molecule has 0 aliphatic carbocycles. The highest BCUT2D eigenvalue weighted by Crippen LogP contribution is 2.32. The standard InChI is InChI=1S/C24H32N6O4/c1-4-25-24(33)26-18-7-5-17(6-8-18)21-27-20-13-29(23(32)16(3)31)10-9-19(20)22(28-21)30-11-12-34-14-15(30)2/h5-8,15-16,31H,4,9-14H2,1-3H3,(H2,25,26,33)/t15-,16+/m0/s1. The van der Waals surface area contributed by atoms with Crippen molar-refractivity contribution in [2.24, 2.45) is 0 Å². The van der Waals surface area contributed by atoms with Gasteiger partial charge in [-0.1, -0.05) is 0 Å². The van der Waals surface area contributed by atoms with Crippen LogP contribution in [0.25, 0.3) is 11.4 Å². The topological polar surface area (TPSA) is 120 Å². The zero-order chi connectivity index (χ0) is 24.2. The summed E-state index contributed by atoms with van der Waals surface area (Å²) in [6, 6.07) is 7.28. The average molecular weight is 469 g/mol. The van der Waals surface area contributed by atoms with Gasteiger partial charge in [-0.15, -0.1) is 0 Å². The van der Waals surface area contributed by atoms with E-state index in [-0.39, 0.29) is 18.0 Å². The molecule has 1 aromatic carbocycles. The van der Waals surface area contributed by atoms with Gasteiger partial charge in [0.1, 0.15) is 11.9 Å². The molecule has 0 radical (unpaired) electrons. The predicted molar refractivity (Wildman–Crippen MR) is 129 cm³/mol. The molecule has 3 amide bonds. The number of carbonyl (C=O) groups excluding carboxylic acids is 2. The van der Waals surface area contributed by atoms with E-state index < -0.39 is 6.10 Å². The third-order valence-electron chi connectivity index (χ3n) is 6.09. The smallest absolute Gasteiger partial charge is 0.319 e. The van der Waals surface area contributed by atoms with E-state index in [0.29, 0.717) is 50.8 Å². The molecule has 2 atom stereocenters. The molecule has 2 aromatic rings. The number of hydrogen-bond acceptors (Lipinski definition) is 7. The van der Waals surface area contributed by atoms with Gasteiger partial charge in [-0.3, -0.25) is 4.79 Å². The zero-order valence-corrected chi connectivity index (χ0v) is 19.9. The van der Waals surface area contributed by atoms with E-state index in [1.54, 1.807) is 4.90 Å². The van der Waals surface area contributed by atoms with Crippen LogP contribution in [0.4, 0.5) is 16.3 Å². The number of benzene rings is 1. The Morgan fingerprint density at radius 2 is 2.00 bits per heavy atom. The minimum atomic E-state index is -1.05. The van der Waals surface area contributed by atoms with E-state index in [1.807, 2.05) is 31.2 Å². The number of amides is 3. The van der Waals surface area contributed by atoms with Crippen molar-refractivity contribution in [3.63, 3.8) is 0 Å². The highest BCUT2D eigenvalue weighted by atomic mass is 16.5. The summed E-state index contributed by atoms with van der Waals surface area (Å²) >= 11 is 0. The fraction of sp³-hybridized carbons (Fsp3) is 0.500. The van der Waals surface area contributed by atoms with Crippen molar-refractivity contribution < 1.29 is 19.4 Å². The zero-order valence-electron chi connectivity index (χ0n) is 19.9. The fourth-order valence-electron chi connectivity index (χ4n) is 4.31. The van der Waals surface area contributed by atoms with Gasteiger partial charge in [0.25, 0.3) is 5.91 Å². The highest BCUT2D eigenvalue weighted by molar-refractivity contribution is 5.89. The summed E-state index contributed by atoms with van der Waals surface area (Å²) < 4.78 is 5.62. The van der Waals surface area contributed by atoms with Crippen molar-refractivity contribution in [1.29, 1.82) is 0 Å². The molecule has 1 fully saturated rings. The van der Waals surface area contributed by atoms with Crippen LogP contribution < -0.4 is 15.5 Å². The van der Waals surface area contributed by atoms with E-state index >= 15 is 0 Å². The quantitative estimate of drug-likeness (QED) is 0.612. The molecule has 1 saturated heterocycles. The van der Waals surface area contributed by atoms with E-state index in [9.17, 15) is 14.7 Å². The molecule has 34 heavy (non-hydrogen) atoms. The number of nitrogens with zero attached hydrogens (tertiary/aromatic N) is 4. The number of hydrogen-bond donors (Lipinski definition) is 3. The SMILES string of the molecule is CCNC(=O)Nc1ccc(-c2nc3c(c(N4CCOC[C@@H]4C)n2)CCN(C(=O)[C@@H](C)O)C3)cc1. The Balaban J connectivity index is 1.69. The third-order valence-corrected chi connectivity index (χ3v) is 6.09. The van der Waals surface area contributed by atoms with Crippen molar-refractivity contribution in [2.75, 3.05) is 43.1 Å². The number of fused-ring (bicyclic) bond motifs is 1. The lowest BCUT2D eigenvalue weighted by Gasteiger charge is -2.38. The first-order valence-electron chi connectivity index (χ1n) is 11.7. The van der Waals surface area contributed by atoms with Gasteiger partial charge in [-0.25, -0.2) is 14.8 Å². The highest BCUT2D eigenvalue weighted by Gasteiger charge is 2.31. The van der Waals surface area contributed by atoms with Crippen LogP contribution in [0.3, 0.4) is 0 Å². The molecule has 4 rings (SSSR count). The summed E-state index contributed by atoms with van der Waals surface area (Å²) in [7, 11) is 0. The molecular formula is C24H32N6O4. The summed E-state index contributed by atoms with van der Waals surface area (Å²) in [6.45, 7) is 8.84. The number of morpholine rings is 1. The normalized spacial score (nSPS) is 18.8. The molecule has 3 N–H and O–H groups in total. The van der Waals surface area contributed by atoms with Gasteiger partial charge in [0.2, 0.25) is 0 Å². The average Bonchev–Trinajstić information content (AvgIpc) is 2.83. The van der Waals surface area contributed by atoms with Gasteiger partial charge in [0.15, 0.2) is 5.82 Å². The number of aliphatic hydroxyl groups is 1. The van der Waals surface area contributed by atoms with Crippen LogP contribution in [0.15, 0.2) is 24.3 Å². The molecule has 2 aliphatic rings. The van der Waals surface area contributed by atoms with E-state index in [2.05, 4.69) is 22.5 Å². The van der Waals surface area contributed by atoms with E-state index in [4.69, 9.17) is 14.7 Å². The Hall–Kier alpha value is -3.24. The van der Waals surface area contributed by atoms with Crippen LogP contribution in [-0.4, -0.2) is 76.9 Å². The van der Waals surface area contributed by atoms with Crippen molar-refractivity contribution in [2.45, 2.75) is 45.9 Å². The Labute approximate surface area is 199 Å². The van der Waals surface area contributed by atoms with Gasteiger partial charge in [0.05, 0.1) is 31.5 Å². The Kier molecular flexibility index (Phi) is 7.28. The summed E-state index contributed by atoms with van der Waals surface area (Å²) in [4.78, 5) is 37.9. The number of rotatable bonds is 5. The summed E-state index contributed by atoms with van der Waals surface area (Å²) in [6.07, 6.45) is -0.422. The second-order valence-corrected chi connectivity index (χ2v) is 8.66. The molecule has 0 bridgehead atoms. The van der Waals surface area contributed by atoms with Gasteiger partial charge < -0.3 is 30.3 Å². The maximum Gasteiger partial charge on any atom is 0.319 e. The number of nitrogens with one attached hydrogen (secondary N) is 2. The maximum atomic E-state index is 12.4. The molecule has 10 nitrogen and oxygen atoms in total. The van der Waals surface area contributed by atoms with E-state index in [1.165, 1.54) is 6.92 Å². The summed E-state index contributed by atoms with van der Waals surface area (Å²) in [5.41, 5.74) is 3.32. The Bertz CT molecular complexity index is 1040. The van der Waals surface area contributed by atoms with Gasteiger partial charge >= 0.3 is 6.03 Å². The van der Waals surface area contributed by atoms with Crippen LogP contribution in [0, 0.1) is 0 Å². The van der Waals surface area contributed by atoms with Crippen molar-refractivity contribution in [3.8, 4) is 11.4 Å². The van der Waals surface area contributed by atoms with E-state index in [0.717, 1.165) is 29.2 Å². The van der Waals surface area contributed by atoms with Crippen LogP contribution in [0.2, 0.25) is 0 Å². The Morgan fingerprint density at radius 3 is 2.68 bits per heavy atom. The molecular weight excluding hydrogens is 436 g/mol. The first-order valence-corrected chi connectivity index (χ1v) is 11.7. The largest absolute Gasteiger partial charge is 0.384 e. The van der Waals surface area contributed by atoms with Crippen LogP contribution in [0.5, 0.6) is 0 Å². The first-order chi connectivity index (χ1) is 16.4. The van der Waals surface area contributed by atoms with Gasteiger partial charge in [-0.2, -0.15) is 0 Å². The number of aliphatic hydroxyl groups excluding tert-OH is 1. The van der Waals surface area contributed by atoms with Gasteiger partial charge in [0, 0.05) is 36.4 Å². The van der Waals surface area contributed by atoms with Crippen molar-refractivity contribution in [1.82, 2.24) is 20.2 Å². The molecule has 1 aromatic heterocycles. The van der Waals surface area contributed by atoms with Gasteiger partial charge in [-0.05, 0) is 51.5 Å². The second kappa shape index (κ2) is 10.4. The lowest BCUT2D eigenvalue weighted by molar-refractivity contribution is -0.140.